The van der Waals surface area contributed by atoms with Crippen molar-refractivity contribution in [1.82, 2.24) is 4.90 Å². The summed E-state index contributed by atoms with van der Waals surface area (Å²) >= 11 is 1.46. The van der Waals surface area contributed by atoms with Gasteiger partial charge in [0.1, 0.15) is 0 Å². The van der Waals surface area contributed by atoms with Crippen molar-refractivity contribution in [2.24, 2.45) is 0 Å². The van der Waals surface area contributed by atoms with E-state index >= 15 is 0 Å². The van der Waals surface area contributed by atoms with Crippen molar-refractivity contribution in [1.29, 1.82) is 0 Å². The number of rotatable bonds is 4. The Labute approximate surface area is 121 Å². The summed E-state index contributed by atoms with van der Waals surface area (Å²) < 4.78 is 0. The maximum Gasteiger partial charge on any atom is 0.335 e. The number of carbonyl (C=O) groups excluding carboxylic acids is 1. The van der Waals surface area contributed by atoms with Crippen molar-refractivity contribution in [3.8, 4) is 0 Å². The molecule has 1 fully saturated rings. The van der Waals surface area contributed by atoms with E-state index in [1.54, 1.807) is 4.90 Å². The van der Waals surface area contributed by atoms with Crippen LogP contribution in [-0.2, 0) is 9.59 Å². The normalized spacial score (nSPS) is 17.8. The Hall–Kier alpha value is -1.53. The first-order valence-corrected chi connectivity index (χ1v) is 7.41. The number of carboxylic acids is 1. The lowest BCUT2D eigenvalue weighted by atomic mass is 9.92. The molecule has 2 N–H and O–H groups in total. The Bertz CT molecular complexity index is 483. The zero-order valence-electron chi connectivity index (χ0n) is 11.0. The van der Waals surface area contributed by atoms with Crippen LogP contribution < -0.4 is 0 Å². The molecule has 1 amide bonds. The molecule has 0 aromatic heterocycles. The van der Waals surface area contributed by atoms with Gasteiger partial charge in [0, 0.05) is 30.8 Å². The summed E-state index contributed by atoms with van der Waals surface area (Å²) in [6.45, 7) is 0.577. The van der Waals surface area contributed by atoms with Crippen LogP contribution in [0.1, 0.15) is 12.8 Å². The van der Waals surface area contributed by atoms with Crippen molar-refractivity contribution < 1.29 is 19.8 Å². The number of aliphatic hydroxyl groups is 1. The highest BCUT2D eigenvalue weighted by atomic mass is 32.2. The fourth-order valence-corrected chi connectivity index (χ4v) is 2.92. The topological polar surface area (TPSA) is 77.8 Å². The summed E-state index contributed by atoms with van der Waals surface area (Å²) in [5.41, 5.74) is -1.68. The minimum Gasteiger partial charge on any atom is -0.479 e. The monoisotopic (exact) mass is 295 g/mol. The van der Waals surface area contributed by atoms with E-state index in [0.29, 0.717) is 5.75 Å². The Morgan fingerprint density at radius 1 is 1.20 bits per heavy atom. The highest BCUT2D eigenvalue weighted by molar-refractivity contribution is 8.00. The average molecular weight is 295 g/mol. The number of amides is 1. The van der Waals surface area contributed by atoms with Gasteiger partial charge in [-0.2, -0.15) is 0 Å². The molecule has 0 atom stereocenters. The molecule has 20 heavy (non-hydrogen) atoms. The third-order valence-electron chi connectivity index (χ3n) is 3.45. The largest absolute Gasteiger partial charge is 0.479 e. The standard InChI is InChI=1S/C14H17NO4S/c16-12(10-20-11-4-2-1-3-5-11)15-8-6-14(19,7-9-15)13(17)18/h1-5,19H,6-10H2,(H,17,18). The Morgan fingerprint density at radius 2 is 1.80 bits per heavy atom. The van der Waals surface area contributed by atoms with Crippen LogP contribution in [0.5, 0.6) is 0 Å². The Kier molecular flexibility index (Phi) is 4.67. The minimum atomic E-state index is -1.68. The van der Waals surface area contributed by atoms with Gasteiger partial charge in [0.15, 0.2) is 5.60 Å². The van der Waals surface area contributed by atoms with Crippen LogP contribution in [0.2, 0.25) is 0 Å². The van der Waals surface area contributed by atoms with Crippen molar-refractivity contribution in [3.05, 3.63) is 30.3 Å². The van der Waals surface area contributed by atoms with Gasteiger partial charge in [-0.25, -0.2) is 4.79 Å². The van der Waals surface area contributed by atoms with Crippen LogP contribution in [0.4, 0.5) is 0 Å². The molecule has 1 heterocycles. The molecule has 108 valence electrons. The van der Waals surface area contributed by atoms with Crippen molar-refractivity contribution in [2.45, 2.75) is 23.3 Å². The van der Waals surface area contributed by atoms with Gasteiger partial charge in [0.05, 0.1) is 5.75 Å². The minimum absolute atomic E-state index is 0.0220. The summed E-state index contributed by atoms with van der Waals surface area (Å²) in [7, 11) is 0. The number of likely N-dealkylation sites (tertiary alicyclic amines) is 1. The van der Waals surface area contributed by atoms with Crippen LogP contribution in [0.3, 0.4) is 0 Å². The highest BCUT2D eigenvalue weighted by Gasteiger charge is 2.40. The predicted molar refractivity (Wildman–Crippen MR) is 75.6 cm³/mol. The average Bonchev–Trinajstić information content (AvgIpc) is 2.46. The molecule has 5 nitrogen and oxygen atoms in total. The maximum absolute atomic E-state index is 12.0. The number of hydrogen-bond acceptors (Lipinski definition) is 4. The third kappa shape index (κ3) is 3.52. The summed E-state index contributed by atoms with van der Waals surface area (Å²) in [5, 5.41) is 18.7. The van der Waals surface area contributed by atoms with E-state index in [2.05, 4.69) is 0 Å². The number of nitrogens with zero attached hydrogens (tertiary/aromatic N) is 1. The van der Waals surface area contributed by atoms with E-state index in [9.17, 15) is 14.7 Å². The molecule has 0 aliphatic carbocycles. The second-order valence-corrected chi connectivity index (χ2v) is 5.87. The molecular formula is C14H17NO4S. The van der Waals surface area contributed by atoms with Crippen molar-refractivity contribution in [3.63, 3.8) is 0 Å². The fourth-order valence-electron chi connectivity index (χ4n) is 2.09. The summed E-state index contributed by atoms with van der Waals surface area (Å²) in [6, 6.07) is 9.64. The lowest BCUT2D eigenvalue weighted by Crippen LogP contribution is -2.51. The molecule has 0 unspecified atom stereocenters. The van der Waals surface area contributed by atoms with Crippen LogP contribution >= 0.6 is 11.8 Å². The lowest BCUT2D eigenvalue weighted by Gasteiger charge is -2.35. The quantitative estimate of drug-likeness (QED) is 0.817. The molecule has 2 rings (SSSR count). The first-order chi connectivity index (χ1) is 9.51. The van der Waals surface area contributed by atoms with Gasteiger partial charge < -0.3 is 15.1 Å². The number of carboxylic acid groups (broad SMARTS) is 1. The molecule has 0 saturated carbocycles. The molecule has 0 radical (unpaired) electrons. The van der Waals surface area contributed by atoms with E-state index in [0.717, 1.165) is 4.90 Å². The van der Waals surface area contributed by atoms with E-state index in [1.807, 2.05) is 30.3 Å². The van der Waals surface area contributed by atoms with Gasteiger partial charge in [0.25, 0.3) is 0 Å². The summed E-state index contributed by atoms with van der Waals surface area (Å²) in [4.78, 5) is 25.6. The zero-order valence-corrected chi connectivity index (χ0v) is 11.8. The number of piperidine rings is 1. The third-order valence-corrected chi connectivity index (χ3v) is 4.44. The molecule has 0 spiro atoms. The molecule has 1 saturated heterocycles. The summed E-state index contributed by atoms with van der Waals surface area (Å²) in [5.74, 6) is -0.898. The first kappa shape index (κ1) is 14.9. The molecule has 1 aromatic rings. The maximum atomic E-state index is 12.0. The van der Waals surface area contributed by atoms with Gasteiger partial charge in [-0.05, 0) is 12.1 Å². The van der Waals surface area contributed by atoms with Gasteiger partial charge >= 0.3 is 5.97 Å². The number of carbonyl (C=O) groups is 2. The highest BCUT2D eigenvalue weighted by Crippen LogP contribution is 2.24. The first-order valence-electron chi connectivity index (χ1n) is 6.43. The fraction of sp³-hybridized carbons (Fsp3) is 0.429. The molecule has 6 heteroatoms. The number of benzene rings is 1. The summed E-state index contributed by atoms with van der Waals surface area (Å²) in [6.07, 6.45) is 0.175. The number of hydrogen-bond donors (Lipinski definition) is 2. The lowest BCUT2D eigenvalue weighted by molar-refractivity contribution is -0.165. The number of thioether (sulfide) groups is 1. The molecule has 1 aliphatic rings. The van der Waals surface area contributed by atoms with Crippen LogP contribution in [0.25, 0.3) is 0 Å². The molecule has 0 bridgehead atoms. The zero-order chi connectivity index (χ0) is 14.6. The molecule has 1 aliphatic heterocycles. The van der Waals surface area contributed by atoms with Crippen molar-refractivity contribution in [2.75, 3.05) is 18.8 Å². The van der Waals surface area contributed by atoms with Crippen LogP contribution in [-0.4, -0.2) is 51.4 Å². The van der Waals surface area contributed by atoms with Crippen LogP contribution in [0.15, 0.2) is 35.2 Å². The number of aliphatic carboxylic acids is 1. The van der Waals surface area contributed by atoms with Crippen molar-refractivity contribution >= 4 is 23.6 Å². The molecule has 1 aromatic carbocycles. The van der Waals surface area contributed by atoms with E-state index < -0.39 is 11.6 Å². The smallest absolute Gasteiger partial charge is 0.335 e. The van der Waals surface area contributed by atoms with Crippen LogP contribution in [0, 0.1) is 0 Å². The van der Waals surface area contributed by atoms with Gasteiger partial charge in [0.2, 0.25) is 5.91 Å². The van der Waals surface area contributed by atoms with Gasteiger partial charge in [-0.15, -0.1) is 11.8 Å². The molecular weight excluding hydrogens is 278 g/mol. The van der Waals surface area contributed by atoms with E-state index in [-0.39, 0.29) is 31.8 Å². The Balaban J connectivity index is 1.82. The van der Waals surface area contributed by atoms with Gasteiger partial charge in [-0.1, -0.05) is 18.2 Å². The second-order valence-electron chi connectivity index (χ2n) is 4.82. The second kappa shape index (κ2) is 6.28. The van der Waals surface area contributed by atoms with Gasteiger partial charge in [-0.3, -0.25) is 4.79 Å². The predicted octanol–water partition coefficient (Wildman–Crippen LogP) is 1.22. The Morgan fingerprint density at radius 3 is 2.35 bits per heavy atom. The van der Waals surface area contributed by atoms with E-state index in [1.165, 1.54) is 11.8 Å². The SMILES string of the molecule is O=C(CSc1ccccc1)N1CCC(O)(C(=O)O)CC1. The van der Waals surface area contributed by atoms with E-state index in [4.69, 9.17) is 5.11 Å².